The van der Waals surface area contributed by atoms with Crippen molar-refractivity contribution >= 4 is 27.9 Å². The summed E-state index contributed by atoms with van der Waals surface area (Å²) >= 11 is 0. The molecule has 0 saturated carbocycles. The summed E-state index contributed by atoms with van der Waals surface area (Å²) in [4.78, 5) is 43.3. The summed E-state index contributed by atoms with van der Waals surface area (Å²) in [5.74, 6) is 0.317. The van der Waals surface area contributed by atoms with Crippen molar-refractivity contribution < 1.29 is 9.21 Å². The molecule has 0 aliphatic carbocycles. The highest BCUT2D eigenvalue weighted by atomic mass is 16.3. The van der Waals surface area contributed by atoms with E-state index < -0.39 is 11.2 Å². The number of furan rings is 1. The highest BCUT2D eigenvalue weighted by molar-refractivity contribution is 5.94. The lowest BCUT2D eigenvalue weighted by Gasteiger charge is -2.23. The fraction of sp³-hybridized carbons (Fsp3) is 0.238. The Labute approximate surface area is 165 Å². The van der Waals surface area contributed by atoms with Gasteiger partial charge >= 0.3 is 5.69 Å². The van der Waals surface area contributed by atoms with Crippen LogP contribution >= 0.6 is 0 Å². The number of pyridine rings is 1. The van der Waals surface area contributed by atoms with Gasteiger partial charge in [-0.3, -0.25) is 18.7 Å². The van der Waals surface area contributed by atoms with Crippen molar-refractivity contribution in [1.82, 2.24) is 19.0 Å². The van der Waals surface area contributed by atoms with Crippen LogP contribution in [0.3, 0.4) is 0 Å². The van der Waals surface area contributed by atoms with E-state index in [-0.39, 0.29) is 28.7 Å². The van der Waals surface area contributed by atoms with Crippen LogP contribution in [-0.2, 0) is 14.1 Å². The molecule has 0 fully saturated rings. The van der Waals surface area contributed by atoms with Crippen LogP contribution < -0.4 is 11.2 Å². The van der Waals surface area contributed by atoms with Crippen molar-refractivity contribution in [1.29, 1.82) is 0 Å². The average molecular weight is 392 g/mol. The van der Waals surface area contributed by atoms with Crippen molar-refractivity contribution in [3.05, 3.63) is 74.8 Å². The maximum atomic E-state index is 13.0. The van der Waals surface area contributed by atoms with Gasteiger partial charge in [-0.05, 0) is 31.2 Å². The number of aromatic nitrogens is 3. The minimum absolute atomic E-state index is 0.145. The number of hydrogen-bond donors (Lipinski definition) is 0. The first-order valence-corrected chi connectivity index (χ1v) is 9.12. The summed E-state index contributed by atoms with van der Waals surface area (Å²) in [6, 6.07) is 12.2. The standard InChI is InChI=1S/C21H20N4O4/c1-12(17-11-13-7-5-6-8-16(13)29-17)23(2)20(27)15-10-9-14-18(22-15)24(3)21(28)25(4)19(14)26/h5-12H,1-4H3. The lowest BCUT2D eigenvalue weighted by Crippen LogP contribution is -2.37. The molecule has 1 amide bonds. The number of aryl methyl sites for hydroxylation is 1. The smallest absolute Gasteiger partial charge is 0.332 e. The molecule has 1 aromatic carbocycles. The molecule has 0 bridgehead atoms. The van der Waals surface area contributed by atoms with Crippen LogP contribution in [0.15, 0.2) is 56.5 Å². The molecule has 4 rings (SSSR count). The molecule has 0 N–H and O–H groups in total. The van der Waals surface area contributed by atoms with E-state index in [1.165, 1.54) is 35.7 Å². The normalized spacial score (nSPS) is 12.4. The number of nitrogens with zero attached hydrogens (tertiary/aromatic N) is 4. The topological polar surface area (TPSA) is 90.3 Å². The zero-order chi connectivity index (χ0) is 20.9. The molecule has 1 unspecified atom stereocenters. The van der Waals surface area contributed by atoms with Gasteiger partial charge in [-0.15, -0.1) is 0 Å². The zero-order valence-electron chi connectivity index (χ0n) is 16.5. The number of amides is 1. The molecule has 3 heterocycles. The van der Waals surface area contributed by atoms with Crippen LogP contribution in [0.5, 0.6) is 0 Å². The molecular formula is C21H20N4O4. The third-order valence-electron chi connectivity index (χ3n) is 5.28. The lowest BCUT2D eigenvalue weighted by molar-refractivity contribution is 0.0722. The largest absolute Gasteiger partial charge is 0.459 e. The first-order chi connectivity index (χ1) is 13.8. The zero-order valence-corrected chi connectivity index (χ0v) is 16.5. The number of hydrogen-bond acceptors (Lipinski definition) is 5. The van der Waals surface area contributed by atoms with Crippen molar-refractivity contribution in [2.45, 2.75) is 13.0 Å². The Morgan fingerprint density at radius 3 is 2.55 bits per heavy atom. The van der Waals surface area contributed by atoms with E-state index >= 15 is 0 Å². The Morgan fingerprint density at radius 2 is 1.83 bits per heavy atom. The molecule has 0 aliphatic rings. The molecule has 0 spiro atoms. The summed E-state index contributed by atoms with van der Waals surface area (Å²) in [6.45, 7) is 1.86. The Balaban J connectivity index is 1.72. The molecule has 4 aromatic rings. The summed E-state index contributed by atoms with van der Waals surface area (Å²) in [5.41, 5.74) is 0.132. The van der Waals surface area contributed by atoms with Crippen molar-refractivity contribution in [3.63, 3.8) is 0 Å². The number of carbonyl (C=O) groups is 1. The number of carbonyl (C=O) groups excluding carboxylic acids is 1. The van der Waals surface area contributed by atoms with E-state index in [0.29, 0.717) is 5.76 Å². The predicted molar refractivity (Wildman–Crippen MR) is 109 cm³/mol. The molecule has 0 aliphatic heterocycles. The van der Waals surface area contributed by atoms with Gasteiger partial charge in [-0.25, -0.2) is 9.78 Å². The molecule has 0 saturated heterocycles. The highest BCUT2D eigenvalue weighted by Crippen LogP contribution is 2.27. The second-order valence-electron chi connectivity index (χ2n) is 7.05. The van der Waals surface area contributed by atoms with Crippen LogP contribution in [0.4, 0.5) is 0 Å². The van der Waals surface area contributed by atoms with E-state index in [1.54, 1.807) is 7.05 Å². The van der Waals surface area contributed by atoms with Gasteiger partial charge in [0, 0.05) is 26.5 Å². The van der Waals surface area contributed by atoms with E-state index in [4.69, 9.17) is 4.42 Å². The third kappa shape index (κ3) is 2.93. The predicted octanol–water partition coefficient (Wildman–Crippen LogP) is 2.21. The number of para-hydroxylation sites is 1. The van der Waals surface area contributed by atoms with Crippen LogP contribution in [0.2, 0.25) is 0 Å². The Hall–Kier alpha value is -3.68. The molecule has 0 radical (unpaired) electrons. The van der Waals surface area contributed by atoms with Gasteiger partial charge < -0.3 is 9.32 Å². The van der Waals surface area contributed by atoms with Gasteiger partial charge in [0.2, 0.25) is 0 Å². The Kier molecular flexibility index (Phi) is 4.34. The van der Waals surface area contributed by atoms with E-state index in [2.05, 4.69) is 4.98 Å². The number of rotatable bonds is 3. The summed E-state index contributed by atoms with van der Waals surface area (Å²) in [5, 5.41) is 1.24. The summed E-state index contributed by atoms with van der Waals surface area (Å²) in [7, 11) is 4.59. The van der Waals surface area contributed by atoms with E-state index in [0.717, 1.165) is 15.5 Å². The van der Waals surface area contributed by atoms with E-state index in [9.17, 15) is 14.4 Å². The molecular weight excluding hydrogens is 372 g/mol. The lowest BCUT2D eigenvalue weighted by atomic mass is 10.2. The van der Waals surface area contributed by atoms with Crippen molar-refractivity contribution in [3.8, 4) is 0 Å². The Morgan fingerprint density at radius 1 is 1.10 bits per heavy atom. The van der Waals surface area contributed by atoms with Crippen LogP contribution in [0, 0.1) is 0 Å². The molecule has 148 valence electrons. The van der Waals surface area contributed by atoms with Gasteiger partial charge in [0.05, 0.1) is 11.4 Å². The number of benzene rings is 1. The third-order valence-corrected chi connectivity index (χ3v) is 5.28. The maximum absolute atomic E-state index is 13.0. The first kappa shape index (κ1) is 18.7. The van der Waals surface area contributed by atoms with Crippen LogP contribution in [0.1, 0.15) is 29.2 Å². The van der Waals surface area contributed by atoms with Gasteiger partial charge in [-0.1, -0.05) is 18.2 Å². The molecule has 8 nitrogen and oxygen atoms in total. The first-order valence-electron chi connectivity index (χ1n) is 9.12. The average Bonchev–Trinajstić information content (AvgIpc) is 3.18. The van der Waals surface area contributed by atoms with Crippen molar-refractivity contribution in [2.75, 3.05) is 7.05 Å². The minimum atomic E-state index is -0.497. The quantitative estimate of drug-likeness (QED) is 0.533. The highest BCUT2D eigenvalue weighted by Gasteiger charge is 2.23. The van der Waals surface area contributed by atoms with Gasteiger partial charge in [-0.2, -0.15) is 0 Å². The molecule has 1 atom stereocenters. The van der Waals surface area contributed by atoms with Gasteiger partial charge in [0.25, 0.3) is 11.5 Å². The SMILES string of the molecule is CC(c1cc2ccccc2o1)N(C)C(=O)c1ccc2c(=O)n(C)c(=O)n(C)c2n1. The molecule has 8 heteroatoms. The fourth-order valence-electron chi connectivity index (χ4n) is 3.33. The van der Waals surface area contributed by atoms with Crippen molar-refractivity contribution in [2.24, 2.45) is 14.1 Å². The second kappa shape index (κ2) is 6.73. The van der Waals surface area contributed by atoms with E-state index in [1.807, 2.05) is 37.3 Å². The van der Waals surface area contributed by atoms with Gasteiger partial charge in [0.15, 0.2) is 0 Å². The molecule has 3 aromatic heterocycles. The minimum Gasteiger partial charge on any atom is -0.459 e. The van der Waals surface area contributed by atoms with Crippen LogP contribution in [0.25, 0.3) is 22.0 Å². The van der Waals surface area contributed by atoms with Crippen LogP contribution in [-0.4, -0.2) is 32.0 Å². The second-order valence-corrected chi connectivity index (χ2v) is 7.05. The Bertz CT molecular complexity index is 1350. The van der Waals surface area contributed by atoms with Gasteiger partial charge in [0.1, 0.15) is 22.7 Å². The molecule has 29 heavy (non-hydrogen) atoms. The number of fused-ring (bicyclic) bond motifs is 2. The fourth-order valence-corrected chi connectivity index (χ4v) is 3.33. The monoisotopic (exact) mass is 392 g/mol. The maximum Gasteiger partial charge on any atom is 0.332 e. The summed E-state index contributed by atoms with van der Waals surface area (Å²) < 4.78 is 8.14. The summed E-state index contributed by atoms with van der Waals surface area (Å²) in [6.07, 6.45) is 0.